The molecule has 1 aliphatic rings. The molecule has 0 spiro atoms. The van der Waals surface area contributed by atoms with E-state index >= 15 is 0 Å². The molecule has 86 valence electrons. The van der Waals surface area contributed by atoms with Crippen molar-refractivity contribution >= 4 is 12.0 Å². The van der Waals surface area contributed by atoms with E-state index in [0.717, 1.165) is 19.5 Å². The van der Waals surface area contributed by atoms with Crippen molar-refractivity contribution in [2.45, 2.75) is 26.7 Å². The third-order valence-corrected chi connectivity index (χ3v) is 2.90. The van der Waals surface area contributed by atoms with Crippen molar-refractivity contribution in [1.82, 2.24) is 10.2 Å². The molecule has 2 N–H and O–H groups in total. The van der Waals surface area contributed by atoms with Gasteiger partial charge in [-0.3, -0.25) is 4.79 Å². The quantitative estimate of drug-likeness (QED) is 0.730. The van der Waals surface area contributed by atoms with Crippen molar-refractivity contribution in [3.05, 3.63) is 0 Å². The van der Waals surface area contributed by atoms with Gasteiger partial charge in [0.05, 0.1) is 6.42 Å². The van der Waals surface area contributed by atoms with E-state index in [2.05, 4.69) is 19.2 Å². The lowest BCUT2D eigenvalue weighted by Gasteiger charge is -2.47. The van der Waals surface area contributed by atoms with Gasteiger partial charge in [-0.1, -0.05) is 13.8 Å². The van der Waals surface area contributed by atoms with Gasteiger partial charge in [0.25, 0.3) is 0 Å². The molecule has 2 amide bonds. The monoisotopic (exact) mass is 214 g/mol. The van der Waals surface area contributed by atoms with Gasteiger partial charge in [-0.05, 0) is 6.42 Å². The second-order valence-corrected chi connectivity index (χ2v) is 4.40. The van der Waals surface area contributed by atoms with E-state index in [1.54, 1.807) is 4.90 Å². The second kappa shape index (κ2) is 4.51. The van der Waals surface area contributed by atoms with E-state index in [0.29, 0.717) is 0 Å². The molecular weight excluding hydrogens is 196 g/mol. The summed E-state index contributed by atoms with van der Waals surface area (Å²) in [6.45, 7) is 5.99. The molecule has 1 rings (SSSR count). The zero-order valence-electron chi connectivity index (χ0n) is 9.25. The molecule has 1 heterocycles. The Bertz CT molecular complexity index is 259. The lowest BCUT2D eigenvalue weighted by atomic mass is 9.80. The van der Waals surface area contributed by atoms with Gasteiger partial charge < -0.3 is 15.3 Å². The number of nitrogens with one attached hydrogen (secondary N) is 1. The zero-order chi connectivity index (χ0) is 11.5. The number of carbonyl (C=O) groups is 2. The summed E-state index contributed by atoms with van der Waals surface area (Å²) in [7, 11) is 0. The van der Waals surface area contributed by atoms with E-state index in [4.69, 9.17) is 5.11 Å². The Hall–Kier alpha value is -1.26. The van der Waals surface area contributed by atoms with Crippen molar-refractivity contribution < 1.29 is 14.7 Å². The Morgan fingerprint density at radius 2 is 2.07 bits per heavy atom. The summed E-state index contributed by atoms with van der Waals surface area (Å²) in [5.41, 5.74) is 0.254. The molecule has 0 radical (unpaired) electrons. The van der Waals surface area contributed by atoms with Crippen molar-refractivity contribution in [2.75, 3.05) is 19.6 Å². The molecule has 0 saturated carbocycles. The second-order valence-electron chi connectivity index (χ2n) is 4.40. The predicted octanol–water partition coefficient (Wildman–Crippen LogP) is 0.903. The van der Waals surface area contributed by atoms with Crippen LogP contribution in [0.3, 0.4) is 0 Å². The maximum atomic E-state index is 11.4. The number of likely N-dealkylation sites (tertiary alicyclic amines) is 1. The first-order valence-corrected chi connectivity index (χ1v) is 5.21. The van der Waals surface area contributed by atoms with Gasteiger partial charge in [0.15, 0.2) is 0 Å². The summed E-state index contributed by atoms with van der Waals surface area (Å²) in [5, 5.41) is 11.0. The first kappa shape index (κ1) is 11.8. The number of nitrogens with zero attached hydrogens (tertiary/aromatic N) is 1. The Balaban J connectivity index is 2.18. The number of carbonyl (C=O) groups excluding carboxylic acids is 1. The number of urea groups is 1. The Kier molecular flexibility index (Phi) is 3.55. The smallest absolute Gasteiger partial charge is 0.317 e. The molecule has 0 atom stereocenters. The summed E-state index contributed by atoms with van der Waals surface area (Å²) >= 11 is 0. The van der Waals surface area contributed by atoms with Crippen LogP contribution in [-0.2, 0) is 4.79 Å². The fourth-order valence-electron chi connectivity index (χ4n) is 1.63. The van der Waals surface area contributed by atoms with Crippen LogP contribution >= 0.6 is 0 Å². The van der Waals surface area contributed by atoms with Gasteiger partial charge >= 0.3 is 12.0 Å². The number of carboxylic acids is 1. The maximum Gasteiger partial charge on any atom is 0.317 e. The van der Waals surface area contributed by atoms with Crippen LogP contribution in [-0.4, -0.2) is 41.6 Å². The van der Waals surface area contributed by atoms with E-state index in [9.17, 15) is 9.59 Å². The highest BCUT2D eigenvalue weighted by Gasteiger charge is 2.39. The summed E-state index contributed by atoms with van der Waals surface area (Å²) in [5.74, 6) is -0.891. The highest BCUT2D eigenvalue weighted by Crippen LogP contribution is 2.32. The van der Waals surface area contributed by atoms with Crippen molar-refractivity contribution in [3.8, 4) is 0 Å². The van der Waals surface area contributed by atoms with Crippen molar-refractivity contribution in [3.63, 3.8) is 0 Å². The minimum atomic E-state index is -0.891. The molecule has 0 aromatic rings. The van der Waals surface area contributed by atoms with Crippen LogP contribution < -0.4 is 5.32 Å². The molecule has 1 saturated heterocycles. The number of hydrogen-bond donors (Lipinski definition) is 2. The van der Waals surface area contributed by atoms with Crippen LogP contribution in [0, 0.1) is 5.41 Å². The van der Waals surface area contributed by atoms with E-state index < -0.39 is 5.97 Å². The molecule has 0 aromatic heterocycles. The molecule has 0 aromatic carbocycles. The van der Waals surface area contributed by atoms with Gasteiger partial charge in [-0.15, -0.1) is 0 Å². The number of carboxylic acid groups (broad SMARTS) is 1. The van der Waals surface area contributed by atoms with Crippen LogP contribution in [0.25, 0.3) is 0 Å². The fraction of sp³-hybridized carbons (Fsp3) is 0.800. The van der Waals surface area contributed by atoms with Crippen LogP contribution in [0.15, 0.2) is 0 Å². The van der Waals surface area contributed by atoms with E-state index in [1.165, 1.54) is 0 Å². The van der Waals surface area contributed by atoms with Gasteiger partial charge in [0.1, 0.15) is 0 Å². The molecule has 0 unspecified atom stereocenters. The maximum absolute atomic E-state index is 11.4. The number of rotatable bonds is 4. The third-order valence-electron chi connectivity index (χ3n) is 2.90. The largest absolute Gasteiger partial charge is 0.481 e. The Morgan fingerprint density at radius 1 is 1.47 bits per heavy atom. The SMILES string of the molecule is CCC1(C)CN(C(=O)NCCC(=O)O)C1. The standard InChI is InChI=1S/C10H18N2O3/c1-3-10(2)6-12(7-10)9(15)11-5-4-8(13)14/h3-7H2,1-2H3,(H,11,15)(H,13,14). The number of hydrogen-bond acceptors (Lipinski definition) is 2. The molecule has 0 bridgehead atoms. The highest BCUT2D eigenvalue weighted by molar-refractivity contribution is 5.76. The molecule has 5 heteroatoms. The van der Waals surface area contributed by atoms with Crippen LogP contribution in [0.5, 0.6) is 0 Å². The highest BCUT2D eigenvalue weighted by atomic mass is 16.4. The van der Waals surface area contributed by atoms with Gasteiger partial charge in [-0.25, -0.2) is 4.79 Å². The minimum Gasteiger partial charge on any atom is -0.481 e. The molecule has 15 heavy (non-hydrogen) atoms. The molecule has 5 nitrogen and oxygen atoms in total. The summed E-state index contributed by atoms with van der Waals surface area (Å²) in [4.78, 5) is 23.4. The normalized spacial score (nSPS) is 18.1. The molecule has 1 fully saturated rings. The van der Waals surface area contributed by atoms with Gasteiger partial charge in [0, 0.05) is 25.0 Å². The zero-order valence-corrected chi connectivity index (χ0v) is 9.25. The molecular formula is C10H18N2O3. The fourth-order valence-corrected chi connectivity index (χ4v) is 1.63. The van der Waals surface area contributed by atoms with Gasteiger partial charge in [0.2, 0.25) is 0 Å². The number of amides is 2. The first-order chi connectivity index (χ1) is 6.97. The number of aliphatic carboxylic acids is 1. The van der Waals surface area contributed by atoms with E-state index in [1.807, 2.05) is 0 Å². The molecule has 1 aliphatic heterocycles. The van der Waals surface area contributed by atoms with Crippen molar-refractivity contribution in [2.24, 2.45) is 5.41 Å². The van der Waals surface area contributed by atoms with Gasteiger partial charge in [-0.2, -0.15) is 0 Å². The average Bonchev–Trinajstić information content (AvgIpc) is 2.12. The predicted molar refractivity (Wildman–Crippen MR) is 55.6 cm³/mol. The first-order valence-electron chi connectivity index (χ1n) is 5.21. The average molecular weight is 214 g/mol. The summed E-state index contributed by atoms with van der Waals surface area (Å²) in [6.07, 6.45) is 1.04. The Morgan fingerprint density at radius 3 is 2.53 bits per heavy atom. The summed E-state index contributed by atoms with van der Waals surface area (Å²) in [6, 6.07) is -0.151. The lowest BCUT2D eigenvalue weighted by molar-refractivity contribution is -0.136. The molecule has 0 aliphatic carbocycles. The topological polar surface area (TPSA) is 69.6 Å². The Labute approximate surface area is 89.4 Å². The minimum absolute atomic E-state index is 0.0232. The van der Waals surface area contributed by atoms with Crippen LogP contribution in [0.2, 0.25) is 0 Å². The summed E-state index contributed by atoms with van der Waals surface area (Å²) < 4.78 is 0. The van der Waals surface area contributed by atoms with Crippen LogP contribution in [0.4, 0.5) is 4.79 Å². The van der Waals surface area contributed by atoms with Crippen LogP contribution in [0.1, 0.15) is 26.7 Å². The third kappa shape index (κ3) is 3.11. The van der Waals surface area contributed by atoms with Crippen molar-refractivity contribution in [1.29, 1.82) is 0 Å². The lowest BCUT2D eigenvalue weighted by Crippen LogP contribution is -2.59. The van der Waals surface area contributed by atoms with E-state index in [-0.39, 0.29) is 24.4 Å².